The predicted molar refractivity (Wildman–Crippen MR) is 262 cm³/mol. The number of terminal acetylenes is 1. The lowest BCUT2D eigenvalue weighted by molar-refractivity contribution is 0.414. The average Bonchev–Trinajstić information content (AvgIpc) is 4.24. The first kappa shape index (κ1) is 40.8. The van der Waals surface area contributed by atoms with Crippen LogP contribution in [0.3, 0.4) is 0 Å². The van der Waals surface area contributed by atoms with Gasteiger partial charge in [0.1, 0.15) is 11.5 Å². The zero-order valence-electron chi connectivity index (χ0n) is 36.3. The average molecular weight is 873 g/mol. The first-order valence-corrected chi connectivity index (χ1v) is 21.8. The van der Waals surface area contributed by atoms with Crippen molar-refractivity contribution < 1.29 is 22.4 Å². The van der Waals surface area contributed by atoms with E-state index in [0.29, 0.717) is 54.1 Å². The summed E-state index contributed by atoms with van der Waals surface area (Å²) in [6.45, 7) is 0. The van der Waals surface area contributed by atoms with Gasteiger partial charge in [0, 0.05) is 30.4 Å². The minimum absolute atomic E-state index is 0.454. The Bertz CT molecular complexity index is 3680. The van der Waals surface area contributed by atoms with Gasteiger partial charge in [-0.3, -0.25) is 0 Å². The van der Waals surface area contributed by atoms with Gasteiger partial charge in [-0.15, -0.1) is 6.42 Å². The van der Waals surface area contributed by atoms with E-state index in [1.54, 1.807) is 31.8 Å². The quantitative estimate of drug-likeness (QED) is 0.0634. The Balaban J connectivity index is 0.843. The number of benzene rings is 7. The summed E-state index contributed by atoms with van der Waals surface area (Å²) in [5, 5.41) is 7.08. The standard InChI is InChI=1S/C58H40N4O5/c1-3-9-37(10-8-11-43-31-59-35-64-43)27-57-61-33-55(66-57)50-14-6-4-12-44(50)39-17-22-46-41(29-39)19-24-49-47-23-18-40(30-42(47)20-25-48(46)49)45-13-5-7-15-51(45)56-34-62-58(67-56)28-38-16-21-52(53(26-38)63-2)54-32-60-36-65-54/h1,4-10,12-26,29-36H,11,27-28H2,2H3/b10-8-,37-9+. The minimum Gasteiger partial charge on any atom is -0.496 e. The topological polar surface area (TPSA) is 113 Å². The Labute approximate surface area is 385 Å². The Kier molecular flexibility index (Phi) is 10.9. The summed E-state index contributed by atoms with van der Waals surface area (Å²) in [6, 6.07) is 44.8. The maximum absolute atomic E-state index is 6.40. The van der Waals surface area contributed by atoms with Crippen molar-refractivity contribution in [2.75, 3.05) is 7.11 Å². The number of ether oxygens (including phenoxy) is 1. The van der Waals surface area contributed by atoms with Gasteiger partial charge in [0.2, 0.25) is 0 Å². The smallest absolute Gasteiger partial charge is 0.199 e. The van der Waals surface area contributed by atoms with Crippen LogP contribution in [0.2, 0.25) is 0 Å². The maximum Gasteiger partial charge on any atom is 0.199 e. The summed E-state index contributed by atoms with van der Waals surface area (Å²) < 4.78 is 29.3. The summed E-state index contributed by atoms with van der Waals surface area (Å²) in [5.41, 5.74) is 8.98. The fourth-order valence-corrected chi connectivity index (χ4v) is 8.84. The predicted octanol–water partition coefficient (Wildman–Crippen LogP) is 13.9. The molecule has 0 saturated heterocycles. The molecule has 4 aromatic heterocycles. The Morgan fingerprint density at radius 3 is 1.82 bits per heavy atom. The van der Waals surface area contributed by atoms with Crippen molar-refractivity contribution in [1.29, 1.82) is 0 Å². The normalized spacial score (nSPS) is 11.9. The molecule has 9 heteroatoms. The third-order valence-electron chi connectivity index (χ3n) is 12.0. The van der Waals surface area contributed by atoms with E-state index in [9.17, 15) is 0 Å². The summed E-state index contributed by atoms with van der Waals surface area (Å²) in [6.07, 6.45) is 22.7. The molecule has 0 unspecified atom stereocenters. The third kappa shape index (κ3) is 8.20. The molecule has 7 aromatic carbocycles. The van der Waals surface area contributed by atoms with E-state index in [-0.39, 0.29) is 0 Å². The largest absolute Gasteiger partial charge is 0.496 e. The van der Waals surface area contributed by atoms with E-state index in [0.717, 1.165) is 66.6 Å². The molecule has 11 rings (SSSR count). The first-order chi connectivity index (χ1) is 33.1. The molecule has 0 aliphatic heterocycles. The van der Waals surface area contributed by atoms with E-state index in [2.05, 4.69) is 123 Å². The van der Waals surface area contributed by atoms with E-state index in [1.165, 1.54) is 34.3 Å². The zero-order chi connectivity index (χ0) is 45.1. The van der Waals surface area contributed by atoms with Gasteiger partial charge in [-0.2, -0.15) is 0 Å². The van der Waals surface area contributed by atoms with Crippen LogP contribution in [0.25, 0.3) is 88.5 Å². The Hall–Kier alpha value is -9.00. The number of allylic oxidation sites excluding steroid dienone is 4. The van der Waals surface area contributed by atoms with E-state index < -0.39 is 0 Å². The molecule has 0 amide bonds. The summed E-state index contributed by atoms with van der Waals surface area (Å²) in [4.78, 5) is 17.3. The second kappa shape index (κ2) is 17.9. The molecule has 0 aliphatic rings. The van der Waals surface area contributed by atoms with Crippen LogP contribution in [0, 0.1) is 12.3 Å². The van der Waals surface area contributed by atoms with Crippen LogP contribution < -0.4 is 4.74 Å². The number of fused-ring (bicyclic) bond motifs is 5. The molecule has 9 nitrogen and oxygen atoms in total. The molecule has 0 radical (unpaired) electrons. The minimum atomic E-state index is 0.454. The van der Waals surface area contributed by atoms with E-state index >= 15 is 0 Å². The summed E-state index contributed by atoms with van der Waals surface area (Å²) in [7, 11) is 1.65. The van der Waals surface area contributed by atoms with Gasteiger partial charge in [-0.05, 0) is 96.0 Å². The van der Waals surface area contributed by atoms with Crippen LogP contribution in [0.4, 0.5) is 0 Å². The van der Waals surface area contributed by atoms with Gasteiger partial charge in [0.15, 0.2) is 41.8 Å². The summed E-state index contributed by atoms with van der Waals surface area (Å²) >= 11 is 0. The van der Waals surface area contributed by atoms with Gasteiger partial charge in [-0.25, -0.2) is 19.9 Å². The summed E-state index contributed by atoms with van der Waals surface area (Å²) in [5.74, 6) is 7.34. The molecule has 67 heavy (non-hydrogen) atoms. The molecule has 4 heterocycles. The first-order valence-electron chi connectivity index (χ1n) is 21.8. The van der Waals surface area contributed by atoms with Crippen molar-refractivity contribution in [3.05, 3.63) is 212 Å². The third-order valence-corrected chi connectivity index (χ3v) is 12.0. The van der Waals surface area contributed by atoms with Gasteiger partial charge in [0.25, 0.3) is 0 Å². The highest BCUT2D eigenvalue weighted by atomic mass is 16.5. The fraction of sp³-hybridized carbons (Fsp3) is 0.0690. The molecular weight excluding hydrogens is 833 g/mol. The van der Waals surface area contributed by atoms with Crippen molar-refractivity contribution >= 4 is 32.3 Å². The molecule has 0 bridgehead atoms. The lowest BCUT2D eigenvalue weighted by Gasteiger charge is -2.13. The van der Waals surface area contributed by atoms with Crippen molar-refractivity contribution in [1.82, 2.24) is 19.9 Å². The molecule has 0 fully saturated rings. The number of oxazole rings is 4. The highest BCUT2D eigenvalue weighted by Crippen LogP contribution is 2.40. The molecule has 0 atom stereocenters. The lowest BCUT2D eigenvalue weighted by Crippen LogP contribution is -1.92. The van der Waals surface area contributed by atoms with Gasteiger partial charge in [-0.1, -0.05) is 121 Å². The van der Waals surface area contributed by atoms with Gasteiger partial charge in [0.05, 0.1) is 37.5 Å². The van der Waals surface area contributed by atoms with Crippen LogP contribution in [0.15, 0.2) is 206 Å². The Morgan fingerprint density at radius 2 is 1.21 bits per heavy atom. The Morgan fingerprint density at radius 1 is 0.597 bits per heavy atom. The monoisotopic (exact) mass is 872 g/mol. The van der Waals surface area contributed by atoms with Crippen LogP contribution in [0.1, 0.15) is 23.1 Å². The molecule has 11 aromatic rings. The van der Waals surface area contributed by atoms with Crippen LogP contribution in [-0.4, -0.2) is 27.0 Å². The second-order valence-electron chi connectivity index (χ2n) is 16.1. The molecular formula is C58H40N4O5. The molecule has 0 spiro atoms. The molecule has 0 aliphatic carbocycles. The van der Waals surface area contributed by atoms with E-state index in [1.807, 2.05) is 48.7 Å². The molecule has 0 saturated carbocycles. The number of aromatic nitrogens is 4. The highest BCUT2D eigenvalue weighted by molar-refractivity contribution is 6.18. The number of methoxy groups -OCH3 is 1. The van der Waals surface area contributed by atoms with Crippen molar-refractivity contribution in [3.8, 4) is 74.3 Å². The van der Waals surface area contributed by atoms with Crippen molar-refractivity contribution in [3.63, 3.8) is 0 Å². The van der Waals surface area contributed by atoms with Gasteiger partial charge >= 0.3 is 0 Å². The highest BCUT2D eigenvalue weighted by Gasteiger charge is 2.17. The SMILES string of the molecule is C#C/C=C(\C=C/Cc1cnco1)Cc1ncc(-c2ccccc2-c2ccc3c(ccc4c5ccc(-c6ccccc6-c6cnc(Cc7ccc(-c8cnco8)c(OC)c7)o6)cc5ccc34)c2)o1. The number of rotatable bonds is 13. The lowest BCUT2D eigenvalue weighted by atomic mass is 9.91. The number of nitrogens with zero attached hydrogens (tertiary/aromatic N) is 4. The van der Waals surface area contributed by atoms with Gasteiger partial charge < -0.3 is 22.4 Å². The van der Waals surface area contributed by atoms with Crippen LogP contribution in [-0.2, 0) is 19.3 Å². The van der Waals surface area contributed by atoms with E-state index in [4.69, 9.17) is 28.8 Å². The molecule has 0 N–H and O–H groups in total. The number of hydrogen-bond donors (Lipinski definition) is 0. The van der Waals surface area contributed by atoms with Crippen LogP contribution in [0.5, 0.6) is 5.75 Å². The zero-order valence-corrected chi connectivity index (χ0v) is 36.3. The number of hydrogen-bond acceptors (Lipinski definition) is 9. The second-order valence-corrected chi connectivity index (χ2v) is 16.1. The van der Waals surface area contributed by atoms with Crippen molar-refractivity contribution in [2.24, 2.45) is 0 Å². The van der Waals surface area contributed by atoms with Crippen LogP contribution >= 0.6 is 0 Å². The molecule has 322 valence electrons. The van der Waals surface area contributed by atoms with Crippen molar-refractivity contribution in [2.45, 2.75) is 19.3 Å². The maximum atomic E-state index is 6.40. The fourth-order valence-electron chi connectivity index (χ4n) is 8.84.